The first-order chi connectivity index (χ1) is 10.9. The van der Waals surface area contributed by atoms with E-state index in [1.165, 1.54) is 6.08 Å². The van der Waals surface area contributed by atoms with Gasteiger partial charge in [-0.3, -0.25) is 9.48 Å². The Balaban J connectivity index is 1.77. The fraction of sp³-hybridized carbons (Fsp3) is 0.250. The fourth-order valence-corrected chi connectivity index (χ4v) is 3.24. The van der Waals surface area contributed by atoms with Crippen LogP contribution in [0.3, 0.4) is 0 Å². The van der Waals surface area contributed by atoms with Gasteiger partial charge >= 0.3 is 0 Å². The van der Waals surface area contributed by atoms with Gasteiger partial charge in [0, 0.05) is 31.4 Å². The molecule has 6 nitrogen and oxygen atoms in total. The summed E-state index contributed by atoms with van der Waals surface area (Å²) in [6.07, 6.45) is 6.39. The molecule has 0 spiro atoms. The second kappa shape index (κ2) is 7.73. The van der Waals surface area contributed by atoms with Gasteiger partial charge in [0.1, 0.15) is 0 Å². The molecule has 0 aliphatic carbocycles. The van der Waals surface area contributed by atoms with Crippen LogP contribution in [-0.2, 0) is 27.4 Å². The van der Waals surface area contributed by atoms with Gasteiger partial charge in [-0.05, 0) is 11.6 Å². The lowest BCUT2D eigenvalue weighted by atomic mass is 10.2. The highest BCUT2D eigenvalue weighted by Crippen LogP contribution is 2.05. The number of amides is 1. The Bertz CT molecular complexity index is 780. The zero-order valence-electron chi connectivity index (χ0n) is 12.8. The molecule has 1 aromatic carbocycles. The van der Waals surface area contributed by atoms with Crippen molar-refractivity contribution in [2.24, 2.45) is 7.05 Å². The molecule has 1 heterocycles. The zero-order chi connectivity index (χ0) is 16.7. The molecule has 0 unspecified atom stereocenters. The van der Waals surface area contributed by atoms with Crippen LogP contribution in [0.4, 0.5) is 0 Å². The van der Waals surface area contributed by atoms with E-state index in [-0.39, 0.29) is 24.0 Å². The summed E-state index contributed by atoms with van der Waals surface area (Å²) in [5.74, 6) is -0.437. The summed E-state index contributed by atoms with van der Waals surface area (Å²) in [4.78, 5) is 11.6. The van der Waals surface area contributed by atoms with Crippen molar-refractivity contribution >= 4 is 21.8 Å². The predicted molar refractivity (Wildman–Crippen MR) is 89.2 cm³/mol. The number of aromatic nitrogens is 2. The highest BCUT2D eigenvalue weighted by molar-refractivity contribution is 7.90. The van der Waals surface area contributed by atoms with E-state index in [0.29, 0.717) is 0 Å². The lowest BCUT2D eigenvalue weighted by molar-refractivity contribution is -0.116. The number of nitrogens with zero attached hydrogens (tertiary/aromatic N) is 2. The zero-order valence-corrected chi connectivity index (χ0v) is 13.7. The molecule has 0 saturated carbocycles. The molecule has 0 radical (unpaired) electrons. The number of hydrogen-bond donors (Lipinski definition) is 1. The van der Waals surface area contributed by atoms with Gasteiger partial charge in [0.2, 0.25) is 5.91 Å². The fourth-order valence-electron chi connectivity index (χ4n) is 1.99. The average molecular weight is 333 g/mol. The molecule has 0 saturated heterocycles. The van der Waals surface area contributed by atoms with Gasteiger partial charge in [-0.15, -0.1) is 0 Å². The van der Waals surface area contributed by atoms with Gasteiger partial charge in [0.05, 0.1) is 17.7 Å². The molecule has 0 bridgehead atoms. The molecule has 1 N–H and O–H groups in total. The molecule has 23 heavy (non-hydrogen) atoms. The van der Waals surface area contributed by atoms with Gasteiger partial charge in [-0.2, -0.15) is 5.10 Å². The molecule has 0 atom stereocenters. The first-order valence-corrected chi connectivity index (χ1v) is 8.96. The number of hydrogen-bond acceptors (Lipinski definition) is 4. The first-order valence-electron chi connectivity index (χ1n) is 7.13. The van der Waals surface area contributed by atoms with Gasteiger partial charge < -0.3 is 5.32 Å². The van der Waals surface area contributed by atoms with E-state index in [0.717, 1.165) is 11.1 Å². The van der Waals surface area contributed by atoms with Crippen molar-refractivity contribution in [1.82, 2.24) is 15.1 Å². The van der Waals surface area contributed by atoms with Crippen LogP contribution in [0, 0.1) is 0 Å². The van der Waals surface area contributed by atoms with Crippen LogP contribution < -0.4 is 5.32 Å². The minimum Gasteiger partial charge on any atom is -0.352 e. The molecule has 0 aliphatic rings. The van der Waals surface area contributed by atoms with Gasteiger partial charge in [0.25, 0.3) is 0 Å². The maximum atomic E-state index is 12.0. The van der Waals surface area contributed by atoms with Crippen LogP contribution in [0.25, 0.3) is 6.08 Å². The molecule has 2 aromatic rings. The molecule has 0 fully saturated rings. The molecular formula is C16H19N3O3S. The van der Waals surface area contributed by atoms with E-state index in [4.69, 9.17) is 0 Å². The average Bonchev–Trinajstić information content (AvgIpc) is 2.91. The summed E-state index contributed by atoms with van der Waals surface area (Å²) in [6, 6.07) is 8.98. The van der Waals surface area contributed by atoms with Crippen LogP contribution in [0.15, 0.2) is 48.8 Å². The Kier molecular flexibility index (Phi) is 5.70. The number of carbonyl (C=O) groups is 1. The summed E-state index contributed by atoms with van der Waals surface area (Å²) in [5.41, 5.74) is 1.55. The van der Waals surface area contributed by atoms with E-state index >= 15 is 0 Å². The van der Waals surface area contributed by atoms with E-state index in [1.54, 1.807) is 54.5 Å². The molecule has 1 aromatic heterocycles. The third-order valence-corrected chi connectivity index (χ3v) is 4.69. The normalized spacial score (nSPS) is 11.7. The van der Waals surface area contributed by atoms with Crippen LogP contribution in [-0.4, -0.2) is 36.4 Å². The van der Waals surface area contributed by atoms with Crippen molar-refractivity contribution in [3.05, 3.63) is 59.9 Å². The van der Waals surface area contributed by atoms with Crippen molar-refractivity contribution in [2.45, 2.75) is 5.75 Å². The minimum absolute atomic E-state index is 0.0186. The smallest absolute Gasteiger partial charge is 0.244 e. The quantitative estimate of drug-likeness (QED) is 0.771. The van der Waals surface area contributed by atoms with E-state index < -0.39 is 9.84 Å². The Morgan fingerprint density at radius 3 is 2.70 bits per heavy atom. The van der Waals surface area contributed by atoms with Crippen LogP contribution in [0.5, 0.6) is 0 Å². The van der Waals surface area contributed by atoms with E-state index in [2.05, 4.69) is 10.4 Å². The number of benzene rings is 1. The number of sulfone groups is 1. The Morgan fingerprint density at radius 2 is 2.04 bits per heavy atom. The Labute approximate surface area is 135 Å². The largest absolute Gasteiger partial charge is 0.352 e. The number of nitrogens with one attached hydrogen (secondary N) is 1. The highest BCUT2D eigenvalue weighted by Gasteiger charge is 2.11. The van der Waals surface area contributed by atoms with E-state index in [9.17, 15) is 13.2 Å². The molecule has 7 heteroatoms. The van der Waals surface area contributed by atoms with Gasteiger partial charge in [-0.25, -0.2) is 8.42 Å². The summed E-state index contributed by atoms with van der Waals surface area (Å²) >= 11 is 0. The summed E-state index contributed by atoms with van der Waals surface area (Å²) < 4.78 is 25.6. The molecular weight excluding hydrogens is 314 g/mol. The van der Waals surface area contributed by atoms with Gasteiger partial charge in [0.15, 0.2) is 9.84 Å². The van der Waals surface area contributed by atoms with Crippen LogP contribution in [0.2, 0.25) is 0 Å². The highest BCUT2D eigenvalue weighted by atomic mass is 32.2. The third kappa shape index (κ3) is 6.07. The number of aryl methyl sites for hydroxylation is 1. The summed E-state index contributed by atoms with van der Waals surface area (Å²) in [7, 11) is -1.46. The predicted octanol–water partition coefficient (Wildman–Crippen LogP) is 1.16. The van der Waals surface area contributed by atoms with Crippen LogP contribution in [0.1, 0.15) is 11.1 Å². The first kappa shape index (κ1) is 17.0. The van der Waals surface area contributed by atoms with E-state index in [1.807, 2.05) is 6.07 Å². The molecule has 2 rings (SSSR count). The third-order valence-electron chi connectivity index (χ3n) is 3.09. The summed E-state index contributed by atoms with van der Waals surface area (Å²) in [5, 5.41) is 6.55. The second-order valence-corrected chi connectivity index (χ2v) is 7.33. The lowest BCUT2D eigenvalue weighted by Crippen LogP contribution is -2.28. The minimum atomic E-state index is -3.25. The maximum absolute atomic E-state index is 12.0. The van der Waals surface area contributed by atoms with Gasteiger partial charge in [-0.1, -0.05) is 30.3 Å². The maximum Gasteiger partial charge on any atom is 0.244 e. The number of carbonyl (C=O) groups excluding carboxylic acids is 1. The lowest BCUT2D eigenvalue weighted by Gasteiger charge is -2.05. The number of rotatable bonds is 7. The van der Waals surface area contributed by atoms with Crippen LogP contribution >= 0.6 is 0 Å². The Morgan fingerprint density at radius 1 is 1.30 bits per heavy atom. The van der Waals surface area contributed by atoms with Crippen molar-refractivity contribution in [2.75, 3.05) is 12.3 Å². The topological polar surface area (TPSA) is 81.1 Å². The molecule has 1 amide bonds. The van der Waals surface area contributed by atoms with Crippen molar-refractivity contribution in [3.8, 4) is 0 Å². The van der Waals surface area contributed by atoms with Crippen molar-refractivity contribution < 1.29 is 13.2 Å². The standard InChI is InChI=1S/C16H19N3O3S/c1-19-12-15(11-18-19)7-8-16(20)17-9-10-23(21,22)13-14-5-3-2-4-6-14/h2-8,11-12H,9-10,13H2,1H3,(H,17,20)/b8-7+. The second-order valence-electron chi connectivity index (χ2n) is 5.15. The SMILES string of the molecule is Cn1cc(/C=C/C(=O)NCCS(=O)(=O)Cc2ccccc2)cn1. The molecule has 122 valence electrons. The summed E-state index contributed by atoms with van der Waals surface area (Å²) in [6.45, 7) is 0.0887. The molecule has 0 aliphatic heterocycles. The Hall–Kier alpha value is -2.41. The monoisotopic (exact) mass is 333 g/mol. The van der Waals surface area contributed by atoms with Crippen molar-refractivity contribution in [3.63, 3.8) is 0 Å². The van der Waals surface area contributed by atoms with Crippen molar-refractivity contribution in [1.29, 1.82) is 0 Å².